The number of carbonyl (C=O) groups is 1. The van der Waals surface area contributed by atoms with Crippen molar-refractivity contribution < 1.29 is 9.18 Å². The van der Waals surface area contributed by atoms with E-state index in [1.54, 1.807) is 12.1 Å². The molecule has 4 nitrogen and oxygen atoms in total. The lowest BCUT2D eigenvalue weighted by Crippen LogP contribution is -2.37. The summed E-state index contributed by atoms with van der Waals surface area (Å²) in [4.78, 5) is 21.7. The highest BCUT2D eigenvalue weighted by Gasteiger charge is 2.33. The van der Waals surface area contributed by atoms with E-state index in [4.69, 9.17) is 9.98 Å². The molecule has 126 valence electrons. The smallest absolute Gasteiger partial charge is 0.228 e. The quantitative estimate of drug-likeness (QED) is 0.875. The normalized spacial score (nSPS) is 19.4. The molecule has 1 fully saturated rings. The van der Waals surface area contributed by atoms with Crippen molar-refractivity contribution in [3.8, 4) is 0 Å². The van der Waals surface area contributed by atoms with Gasteiger partial charge in [0.15, 0.2) is 0 Å². The zero-order valence-corrected chi connectivity index (χ0v) is 13.9. The summed E-state index contributed by atoms with van der Waals surface area (Å²) in [6.07, 6.45) is 1.84. The summed E-state index contributed by atoms with van der Waals surface area (Å²) in [5, 5.41) is 2.99. The second-order valence-corrected chi connectivity index (χ2v) is 6.49. The van der Waals surface area contributed by atoms with E-state index in [1.165, 1.54) is 12.1 Å². The summed E-state index contributed by atoms with van der Waals surface area (Å²) in [5.74, 6) is 0.0199. The van der Waals surface area contributed by atoms with Crippen LogP contribution in [0.15, 0.2) is 58.5 Å². The predicted molar refractivity (Wildman–Crippen MR) is 96.3 cm³/mol. The molecular weight excluding hydrogens is 317 g/mol. The van der Waals surface area contributed by atoms with Crippen LogP contribution in [0.2, 0.25) is 0 Å². The fourth-order valence-corrected chi connectivity index (χ4v) is 3.03. The fourth-order valence-electron chi connectivity index (χ4n) is 3.03. The molecule has 2 aromatic rings. The van der Waals surface area contributed by atoms with E-state index in [9.17, 15) is 9.18 Å². The first-order valence-electron chi connectivity index (χ1n) is 8.41. The molecule has 1 saturated carbocycles. The van der Waals surface area contributed by atoms with E-state index in [1.807, 2.05) is 31.2 Å². The van der Waals surface area contributed by atoms with E-state index in [0.29, 0.717) is 5.84 Å². The maximum Gasteiger partial charge on any atom is 0.228 e. The minimum absolute atomic E-state index is 0.00181. The highest BCUT2D eigenvalue weighted by molar-refractivity contribution is 6.17. The van der Waals surface area contributed by atoms with Crippen molar-refractivity contribution >= 4 is 28.8 Å². The molecular formula is C20H18FN3O. The second-order valence-electron chi connectivity index (χ2n) is 6.49. The minimum atomic E-state index is -0.310. The number of amides is 1. The molecule has 25 heavy (non-hydrogen) atoms. The van der Waals surface area contributed by atoms with Crippen LogP contribution in [0, 0.1) is 11.7 Å². The van der Waals surface area contributed by atoms with Crippen molar-refractivity contribution in [2.45, 2.75) is 25.7 Å². The number of aliphatic imine (C=N–C) groups is 2. The standard InChI is InChI=1S/C20H18FN3O/c1-12-18(13-8-10-15(21)11-9-13)19(24-20(25)14-6-7-14)23-17-5-3-2-4-16(17)22-12/h2-5,8-11,14,18H,6-7H2,1H3,(H,23,24,25)/t18-/m0/s1. The van der Waals surface area contributed by atoms with Crippen LogP contribution < -0.4 is 5.32 Å². The molecule has 2 aliphatic rings. The molecule has 1 aliphatic heterocycles. The summed E-state index contributed by atoms with van der Waals surface area (Å²) in [6, 6.07) is 13.8. The molecule has 2 aromatic carbocycles. The Morgan fingerprint density at radius 2 is 1.68 bits per heavy atom. The van der Waals surface area contributed by atoms with Gasteiger partial charge in [0, 0.05) is 11.6 Å². The summed E-state index contributed by atoms with van der Waals surface area (Å²) in [7, 11) is 0. The Bertz CT molecular complexity index is 882. The molecule has 0 saturated heterocycles. The highest BCUT2D eigenvalue weighted by Crippen LogP contribution is 2.35. The summed E-state index contributed by atoms with van der Waals surface area (Å²) < 4.78 is 13.3. The Kier molecular flexibility index (Phi) is 3.92. The van der Waals surface area contributed by atoms with Gasteiger partial charge in [-0.15, -0.1) is 0 Å². The molecule has 1 heterocycles. The van der Waals surface area contributed by atoms with Crippen LogP contribution in [0.4, 0.5) is 15.8 Å². The van der Waals surface area contributed by atoms with Crippen molar-refractivity contribution in [1.29, 1.82) is 0 Å². The molecule has 0 radical (unpaired) electrons. The molecule has 0 unspecified atom stereocenters. The molecule has 1 N–H and O–H groups in total. The topological polar surface area (TPSA) is 53.8 Å². The molecule has 1 aliphatic carbocycles. The molecule has 1 atom stereocenters. The predicted octanol–water partition coefficient (Wildman–Crippen LogP) is 4.27. The lowest BCUT2D eigenvalue weighted by molar-refractivity contribution is -0.120. The Labute approximate surface area is 145 Å². The van der Waals surface area contributed by atoms with E-state index in [-0.39, 0.29) is 23.6 Å². The monoisotopic (exact) mass is 335 g/mol. The van der Waals surface area contributed by atoms with Gasteiger partial charge in [-0.25, -0.2) is 9.38 Å². The fraction of sp³-hybridized carbons (Fsp3) is 0.250. The van der Waals surface area contributed by atoms with Crippen molar-refractivity contribution in [2.75, 3.05) is 0 Å². The molecule has 0 spiro atoms. The first-order chi connectivity index (χ1) is 12.1. The Hall–Kier alpha value is -2.82. The zero-order chi connectivity index (χ0) is 17.4. The first kappa shape index (κ1) is 15.7. The van der Waals surface area contributed by atoms with Gasteiger partial charge in [0.1, 0.15) is 11.7 Å². The summed E-state index contributed by atoms with van der Waals surface area (Å²) >= 11 is 0. The second kappa shape index (κ2) is 6.24. The molecule has 5 heteroatoms. The minimum Gasteiger partial charge on any atom is -0.313 e. The third-order valence-corrected chi connectivity index (χ3v) is 4.51. The highest BCUT2D eigenvalue weighted by atomic mass is 19.1. The van der Waals surface area contributed by atoms with Gasteiger partial charge in [-0.1, -0.05) is 24.3 Å². The number of halogens is 1. The number of nitrogens with one attached hydrogen (secondary N) is 1. The van der Waals surface area contributed by atoms with Crippen molar-refractivity contribution in [2.24, 2.45) is 15.9 Å². The third-order valence-electron chi connectivity index (χ3n) is 4.51. The maximum absolute atomic E-state index is 13.3. The van der Waals surface area contributed by atoms with Crippen LogP contribution in [0.3, 0.4) is 0 Å². The number of fused-ring (bicyclic) bond motifs is 1. The number of hydrogen-bond donors (Lipinski definition) is 1. The summed E-state index contributed by atoms with van der Waals surface area (Å²) in [5.41, 5.74) is 3.15. The molecule has 4 rings (SSSR count). The number of amidine groups is 1. The maximum atomic E-state index is 13.3. The number of benzene rings is 2. The van der Waals surface area contributed by atoms with Gasteiger partial charge in [-0.3, -0.25) is 9.79 Å². The van der Waals surface area contributed by atoms with Gasteiger partial charge in [-0.2, -0.15) is 0 Å². The van der Waals surface area contributed by atoms with Gasteiger partial charge in [-0.05, 0) is 49.6 Å². The number of carbonyl (C=O) groups excluding carboxylic acids is 1. The first-order valence-corrected chi connectivity index (χ1v) is 8.41. The number of para-hydroxylation sites is 2. The van der Waals surface area contributed by atoms with Crippen molar-refractivity contribution in [3.05, 3.63) is 59.9 Å². The lowest BCUT2D eigenvalue weighted by Gasteiger charge is -2.19. The lowest BCUT2D eigenvalue weighted by atomic mass is 9.93. The SMILES string of the molecule is CC1=Nc2ccccc2N=C(NC(=O)C2CC2)[C@@H]1c1ccc(F)cc1. The zero-order valence-electron chi connectivity index (χ0n) is 13.9. The van der Waals surface area contributed by atoms with Gasteiger partial charge in [0.05, 0.1) is 17.3 Å². The number of nitrogens with zero attached hydrogens (tertiary/aromatic N) is 2. The van der Waals surface area contributed by atoms with Gasteiger partial charge < -0.3 is 5.32 Å². The van der Waals surface area contributed by atoms with E-state index < -0.39 is 0 Å². The van der Waals surface area contributed by atoms with Crippen LogP contribution in [0.5, 0.6) is 0 Å². The Balaban J connectivity index is 1.80. The number of hydrogen-bond acceptors (Lipinski definition) is 3. The van der Waals surface area contributed by atoms with Gasteiger partial charge >= 0.3 is 0 Å². The van der Waals surface area contributed by atoms with E-state index >= 15 is 0 Å². The van der Waals surface area contributed by atoms with Gasteiger partial charge in [0.25, 0.3) is 0 Å². The van der Waals surface area contributed by atoms with Crippen LogP contribution in [-0.4, -0.2) is 17.5 Å². The Morgan fingerprint density at radius 1 is 1.04 bits per heavy atom. The number of rotatable bonds is 2. The van der Waals surface area contributed by atoms with Crippen LogP contribution in [0.25, 0.3) is 0 Å². The molecule has 1 amide bonds. The molecule has 0 bridgehead atoms. The molecule has 0 aromatic heterocycles. The average Bonchev–Trinajstić information content (AvgIpc) is 3.43. The summed E-state index contributed by atoms with van der Waals surface area (Å²) in [6.45, 7) is 1.91. The van der Waals surface area contributed by atoms with Crippen molar-refractivity contribution in [1.82, 2.24) is 5.32 Å². The van der Waals surface area contributed by atoms with Crippen molar-refractivity contribution in [3.63, 3.8) is 0 Å². The van der Waals surface area contributed by atoms with Crippen LogP contribution in [0.1, 0.15) is 31.2 Å². The van der Waals surface area contributed by atoms with Crippen LogP contribution in [-0.2, 0) is 4.79 Å². The van der Waals surface area contributed by atoms with Crippen LogP contribution >= 0.6 is 0 Å². The van der Waals surface area contributed by atoms with Gasteiger partial charge in [0.2, 0.25) is 5.91 Å². The van der Waals surface area contributed by atoms with E-state index in [2.05, 4.69) is 5.32 Å². The largest absolute Gasteiger partial charge is 0.313 e. The Morgan fingerprint density at radius 3 is 2.32 bits per heavy atom. The third kappa shape index (κ3) is 3.22. The van der Waals surface area contributed by atoms with E-state index in [0.717, 1.165) is 35.5 Å². The average molecular weight is 335 g/mol.